The first kappa shape index (κ1) is 12.2. The Labute approximate surface area is 101 Å². The van der Waals surface area contributed by atoms with Crippen LogP contribution in [0.1, 0.15) is 25.5 Å². The van der Waals surface area contributed by atoms with E-state index in [-0.39, 0.29) is 12.0 Å². The van der Waals surface area contributed by atoms with Gasteiger partial charge in [0.1, 0.15) is 12.4 Å². The highest BCUT2D eigenvalue weighted by molar-refractivity contribution is 5.17. The number of aryl methyl sites for hydroxylation is 1. The standard InChI is InChI=1S/C12H18FN3O/c1-3-10-11(13)12(16-7-15-10)17-9-4-8(5-9)6-14-2/h7-9,14H,3-6H2,1-2H3. The van der Waals surface area contributed by atoms with Gasteiger partial charge in [0.05, 0.1) is 5.69 Å². The van der Waals surface area contributed by atoms with E-state index in [0.29, 0.717) is 18.0 Å². The lowest BCUT2D eigenvalue weighted by Gasteiger charge is -2.34. The van der Waals surface area contributed by atoms with E-state index in [4.69, 9.17) is 4.74 Å². The van der Waals surface area contributed by atoms with Crippen molar-refractivity contribution in [3.8, 4) is 5.88 Å². The summed E-state index contributed by atoms with van der Waals surface area (Å²) in [5, 5.41) is 3.13. The summed E-state index contributed by atoms with van der Waals surface area (Å²) in [6.45, 7) is 2.85. The summed E-state index contributed by atoms with van der Waals surface area (Å²) in [4.78, 5) is 7.73. The minimum Gasteiger partial charge on any atom is -0.472 e. The highest BCUT2D eigenvalue weighted by Gasteiger charge is 2.31. The molecule has 1 aliphatic rings. The Hall–Kier alpha value is -1.23. The summed E-state index contributed by atoms with van der Waals surface area (Å²) in [7, 11) is 1.94. The number of hydrogen-bond acceptors (Lipinski definition) is 4. The second kappa shape index (κ2) is 5.40. The van der Waals surface area contributed by atoms with Crippen molar-refractivity contribution in [3.63, 3.8) is 0 Å². The molecule has 0 aromatic carbocycles. The van der Waals surface area contributed by atoms with Crippen molar-refractivity contribution in [2.24, 2.45) is 5.92 Å². The molecule has 0 amide bonds. The molecule has 0 aliphatic heterocycles. The van der Waals surface area contributed by atoms with Crippen LogP contribution in [0.25, 0.3) is 0 Å². The molecule has 1 saturated carbocycles. The lowest BCUT2D eigenvalue weighted by Crippen LogP contribution is -2.39. The van der Waals surface area contributed by atoms with Crippen molar-refractivity contribution in [2.45, 2.75) is 32.3 Å². The summed E-state index contributed by atoms with van der Waals surface area (Å²) in [6.07, 6.45) is 3.94. The Bertz CT molecular complexity index is 380. The normalized spacial score (nSPS) is 23.2. The molecule has 1 fully saturated rings. The molecule has 94 valence electrons. The summed E-state index contributed by atoms with van der Waals surface area (Å²) in [5.74, 6) is 0.331. The fourth-order valence-electron chi connectivity index (χ4n) is 2.10. The zero-order valence-corrected chi connectivity index (χ0v) is 10.2. The molecule has 0 saturated heterocycles. The van der Waals surface area contributed by atoms with Gasteiger partial charge in [-0.3, -0.25) is 0 Å². The van der Waals surface area contributed by atoms with Crippen molar-refractivity contribution < 1.29 is 9.13 Å². The number of halogens is 1. The van der Waals surface area contributed by atoms with Gasteiger partial charge in [0.2, 0.25) is 5.82 Å². The number of ether oxygens (including phenoxy) is 1. The van der Waals surface area contributed by atoms with Crippen molar-refractivity contribution in [1.29, 1.82) is 0 Å². The molecule has 1 heterocycles. The van der Waals surface area contributed by atoms with E-state index in [1.165, 1.54) is 6.33 Å². The molecule has 1 N–H and O–H groups in total. The third kappa shape index (κ3) is 2.72. The van der Waals surface area contributed by atoms with Crippen LogP contribution in [0.2, 0.25) is 0 Å². The van der Waals surface area contributed by atoms with Crippen LogP contribution >= 0.6 is 0 Å². The van der Waals surface area contributed by atoms with Crippen LogP contribution in [0.5, 0.6) is 5.88 Å². The summed E-state index contributed by atoms with van der Waals surface area (Å²) in [5.41, 5.74) is 0.418. The van der Waals surface area contributed by atoms with E-state index in [1.54, 1.807) is 0 Å². The van der Waals surface area contributed by atoms with E-state index >= 15 is 0 Å². The largest absolute Gasteiger partial charge is 0.472 e. The molecule has 0 radical (unpaired) electrons. The molecule has 2 rings (SSSR count). The first-order valence-electron chi connectivity index (χ1n) is 6.05. The number of hydrogen-bond donors (Lipinski definition) is 1. The summed E-state index contributed by atoms with van der Waals surface area (Å²) < 4.78 is 19.3. The van der Waals surface area contributed by atoms with Crippen molar-refractivity contribution in [3.05, 3.63) is 17.8 Å². The van der Waals surface area contributed by atoms with Crippen LogP contribution in [0, 0.1) is 11.7 Å². The van der Waals surface area contributed by atoms with Gasteiger partial charge in [-0.2, -0.15) is 9.37 Å². The topological polar surface area (TPSA) is 47.0 Å². The van der Waals surface area contributed by atoms with Crippen LogP contribution in [-0.4, -0.2) is 29.7 Å². The van der Waals surface area contributed by atoms with Crippen LogP contribution in [-0.2, 0) is 6.42 Å². The Balaban J connectivity index is 1.92. The van der Waals surface area contributed by atoms with Gasteiger partial charge in [-0.1, -0.05) is 6.92 Å². The Kier molecular flexibility index (Phi) is 3.89. The predicted molar refractivity (Wildman–Crippen MR) is 62.4 cm³/mol. The highest BCUT2D eigenvalue weighted by Crippen LogP contribution is 2.31. The average Bonchev–Trinajstić information content (AvgIpc) is 2.28. The molecule has 1 aromatic heterocycles. The molecule has 0 spiro atoms. The van der Waals surface area contributed by atoms with Crippen LogP contribution < -0.4 is 10.1 Å². The third-order valence-corrected chi connectivity index (χ3v) is 3.13. The molecule has 1 aromatic rings. The number of aromatic nitrogens is 2. The third-order valence-electron chi connectivity index (χ3n) is 3.13. The SMILES string of the molecule is CCc1ncnc(OC2CC(CNC)C2)c1F. The fourth-order valence-corrected chi connectivity index (χ4v) is 2.10. The maximum atomic E-state index is 13.8. The maximum absolute atomic E-state index is 13.8. The van der Waals surface area contributed by atoms with E-state index < -0.39 is 5.82 Å². The number of nitrogens with one attached hydrogen (secondary N) is 1. The van der Waals surface area contributed by atoms with Gasteiger partial charge in [-0.05, 0) is 38.8 Å². The second-order valence-electron chi connectivity index (χ2n) is 4.43. The maximum Gasteiger partial charge on any atom is 0.254 e. The number of nitrogens with zero attached hydrogens (tertiary/aromatic N) is 2. The van der Waals surface area contributed by atoms with Gasteiger partial charge < -0.3 is 10.1 Å². The molecule has 0 atom stereocenters. The van der Waals surface area contributed by atoms with E-state index in [0.717, 1.165) is 19.4 Å². The summed E-state index contributed by atoms with van der Waals surface area (Å²) in [6, 6.07) is 0. The van der Waals surface area contributed by atoms with Crippen molar-refractivity contribution >= 4 is 0 Å². The monoisotopic (exact) mass is 239 g/mol. The molecular weight excluding hydrogens is 221 g/mol. The predicted octanol–water partition coefficient (Wildman–Crippen LogP) is 1.55. The fraction of sp³-hybridized carbons (Fsp3) is 0.667. The quantitative estimate of drug-likeness (QED) is 0.847. The lowest BCUT2D eigenvalue weighted by atomic mass is 9.82. The van der Waals surface area contributed by atoms with Crippen LogP contribution in [0.4, 0.5) is 4.39 Å². The zero-order chi connectivity index (χ0) is 12.3. The molecule has 5 heteroatoms. The van der Waals surface area contributed by atoms with E-state index in [2.05, 4.69) is 15.3 Å². The van der Waals surface area contributed by atoms with Gasteiger partial charge in [0.15, 0.2) is 0 Å². The van der Waals surface area contributed by atoms with Crippen molar-refractivity contribution in [2.75, 3.05) is 13.6 Å². The van der Waals surface area contributed by atoms with Crippen LogP contribution in [0.3, 0.4) is 0 Å². The Morgan fingerprint density at radius 2 is 2.24 bits per heavy atom. The molecule has 0 unspecified atom stereocenters. The van der Waals surface area contributed by atoms with Crippen LogP contribution in [0.15, 0.2) is 6.33 Å². The molecule has 1 aliphatic carbocycles. The Morgan fingerprint density at radius 1 is 1.47 bits per heavy atom. The molecular formula is C12H18FN3O. The summed E-state index contributed by atoms with van der Waals surface area (Å²) >= 11 is 0. The first-order valence-corrected chi connectivity index (χ1v) is 6.05. The molecule has 17 heavy (non-hydrogen) atoms. The second-order valence-corrected chi connectivity index (χ2v) is 4.43. The smallest absolute Gasteiger partial charge is 0.254 e. The minimum absolute atomic E-state index is 0.0995. The minimum atomic E-state index is -0.410. The Morgan fingerprint density at radius 3 is 2.88 bits per heavy atom. The van der Waals surface area contributed by atoms with Crippen molar-refractivity contribution in [1.82, 2.24) is 15.3 Å². The lowest BCUT2D eigenvalue weighted by molar-refractivity contribution is 0.0574. The van der Waals surface area contributed by atoms with E-state index in [9.17, 15) is 4.39 Å². The van der Waals surface area contributed by atoms with Gasteiger partial charge in [-0.15, -0.1) is 0 Å². The molecule has 0 bridgehead atoms. The molecule has 4 nitrogen and oxygen atoms in total. The van der Waals surface area contributed by atoms with E-state index in [1.807, 2.05) is 14.0 Å². The number of rotatable bonds is 5. The highest BCUT2D eigenvalue weighted by atomic mass is 19.1. The van der Waals surface area contributed by atoms with Gasteiger partial charge >= 0.3 is 0 Å². The first-order chi connectivity index (χ1) is 8.24. The van der Waals surface area contributed by atoms with Gasteiger partial charge in [0.25, 0.3) is 5.88 Å². The zero-order valence-electron chi connectivity index (χ0n) is 10.2. The van der Waals surface area contributed by atoms with Gasteiger partial charge in [0, 0.05) is 0 Å². The average molecular weight is 239 g/mol. The van der Waals surface area contributed by atoms with Gasteiger partial charge in [-0.25, -0.2) is 4.98 Å².